The van der Waals surface area contributed by atoms with Gasteiger partial charge in [0.05, 0.1) is 6.10 Å². The predicted molar refractivity (Wildman–Crippen MR) is 76.0 cm³/mol. The van der Waals surface area contributed by atoms with E-state index in [4.69, 9.17) is 9.47 Å². The van der Waals surface area contributed by atoms with Crippen molar-refractivity contribution in [2.45, 2.75) is 64.1 Å². The summed E-state index contributed by atoms with van der Waals surface area (Å²) in [5.74, 6) is -1.14. The molecule has 1 aliphatic heterocycles. The van der Waals surface area contributed by atoms with Crippen molar-refractivity contribution in [3.05, 3.63) is 0 Å². The number of carbonyl (C=O) groups excluding carboxylic acids is 3. The molecule has 7 heteroatoms. The van der Waals surface area contributed by atoms with Crippen molar-refractivity contribution in [1.29, 1.82) is 0 Å². The molecule has 0 amide bonds. The molecule has 1 rings (SSSR count). The summed E-state index contributed by atoms with van der Waals surface area (Å²) in [7, 11) is 1.31. The van der Waals surface area contributed by atoms with E-state index in [1.54, 1.807) is 6.92 Å². The summed E-state index contributed by atoms with van der Waals surface area (Å²) in [6.07, 6.45) is -4.04. The van der Waals surface area contributed by atoms with E-state index in [0.717, 1.165) is 0 Å². The molecule has 1 aliphatic rings. The maximum absolute atomic E-state index is 12.2. The van der Waals surface area contributed by atoms with Gasteiger partial charge in [-0.2, -0.15) is 0 Å². The molecular weight excluding hydrogens is 292 g/mol. The van der Waals surface area contributed by atoms with Crippen LogP contribution in [0.15, 0.2) is 0 Å². The molecule has 5 atom stereocenters. The molecule has 0 spiro atoms. The number of rotatable bonds is 8. The van der Waals surface area contributed by atoms with Gasteiger partial charge in [-0.15, -0.1) is 0 Å². The standard InChI is InChI=1S/C15H24O7/c1-8(16)4-5-10(17)6-7-11(18)14-9(2)12(19)13(20)15(21-3)22-14/h9,12-15,19-20H,4-7H2,1-3H3. The number of aliphatic hydroxyl groups excluding tert-OH is 2. The first kappa shape index (κ1) is 18.9. The Bertz CT molecular complexity index is 418. The normalized spacial score (nSPS) is 31.8. The van der Waals surface area contributed by atoms with Gasteiger partial charge in [-0.1, -0.05) is 6.92 Å². The van der Waals surface area contributed by atoms with Gasteiger partial charge < -0.3 is 24.5 Å². The SMILES string of the molecule is COC1OC(C(=O)CCC(=O)CCC(C)=O)C(C)C(O)C1O. The van der Waals surface area contributed by atoms with Crippen LogP contribution in [0, 0.1) is 5.92 Å². The van der Waals surface area contributed by atoms with Crippen molar-refractivity contribution in [1.82, 2.24) is 0 Å². The molecule has 0 saturated carbocycles. The Morgan fingerprint density at radius 1 is 1.05 bits per heavy atom. The summed E-state index contributed by atoms with van der Waals surface area (Å²) in [4.78, 5) is 34.6. The highest BCUT2D eigenvalue weighted by Gasteiger charge is 2.44. The van der Waals surface area contributed by atoms with E-state index in [2.05, 4.69) is 0 Å². The van der Waals surface area contributed by atoms with Gasteiger partial charge in [0.15, 0.2) is 12.1 Å². The van der Waals surface area contributed by atoms with Crippen molar-refractivity contribution in [2.75, 3.05) is 7.11 Å². The lowest BCUT2D eigenvalue weighted by Gasteiger charge is -2.40. The lowest BCUT2D eigenvalue weighted by atomic mass is 9.87. The number of ketones is 3. The lowest BCUT2D eigenvalue weighted by molar-refractivity contribution is -0.269. The van der Waals surface area contributed by atoms with E-state index < -0.39 is 30.5 Å². The van der Waals surface area contributed by atoms with Crippen molar-refractivity contribution in [2.24, 2.45) is 5.92 Å². The van der Waals surface area contributed by atoms with Gasteiger partial charge >= 0.3 is 0 Å². The predicted octanol–water partition coefficient (Wildman–Crippen LogP) is 0.00320. The molecule has 0 bridgehead atoms. The number of ether oxygens (including phenoxy) is 2. The van der Waals surface area contributed by atoms with Gasteiger partial charge in [0.2, 0.25) is 0 Å². The summed E-state index contributed by atoms with van der Waals surface area (Å²) < 4.78 is 10.3. The van der Waals surface area contributed by atoms with Crippen molar-refractivity contribution in [3.8, 4) is 0 Å². The number of methoxy groups -OCH3 is 1. The summed E-state index contributed by atoms with van der Waals surface area (Å²) in [6, 6.07) is 0. The summed E-state index contributed by atoms with van der Waals surface area (Å²) in [6.45, 7) is 3.01. The topological polar surface area (TPSA) is 110 Å². The highest BCUT2D eigenvalue weighted by Crippen LogP contribution is 2.27. The number of carbonyl (C=O) groups is 3. The smallest absolute Gasteiger partial charge is 0.186 e. The fraction of sp³-hybridized carbons (Fsp3) is 0.800. The van der Waals surface area contributed by atoms with Crippen molar-refractivity contribution < 1.29 is 34.1 Å². The van der Waals surface area contributed by atoms with Gasteiger partial charge in [0.1, 0.15) is 23.8 Å². The largest absolute Gasteiger partial charge is 0.390 e. The average Bonchev–Trinajstić information content (AvgIpc) is 2.48. The Hall–Kier alpha value is -1.15. The first-order chi connectivity index (χ1) is 10.3. The Balaban J connectivity index is 2.53. The Morgan fingerprint density at radius 2 is 1.64 bits per heavy atom. The second-order valence-electron chi connectivity index (χ2n) is 5.71. The second kappa shape index (κ2) is 8.47. The van der Waals surface area contributed by atoms with Gasteiger partial charge in [-0.3, -0.25) is 9.59 Å². The highest BCUT2D eigenvalue weighted by molar-refractivity contribution is 5.90. The van der Waals surface area contributed by atoms with Gasteiger partial charge in [-0.05, 0) is 6.92 Å². The minimum atomic E-state index is -1.22. The van der Waals surface area contributed by atoms with E-state index in [9.17, 15) is 24.6 Å². The molecule has 22 heavy (non-hydrogen) atoms. The molecular formula is C15H24O7. The first-order valence-electron chi connectivity index (χ1n) is 7.36. The van der Waals surface area contributed by atoms with Crippen molar-refractivity contribution >= 4 is 17.3 Å². The van der Waals surface area contributed by atoms with E-state index in [-0.39, 0.29) is 43.0 Å². The van der Waals surface area contributed by atoms with Crippen molar-refractivity contribution in [3.63, 3.8) is 0 Å². The van der Waals surface area contributed by atoms with Crippen LogP contribution in [0.5, 0.6) is 0 Å². The third kappa shape index (κ3) is 4.95. The van der Waals surface area contributed by atoms with Crippen LogP contribution in [0.3, 0.4) is 0 Å². The monoisotopic (exact) mass is 316 g/mol. The maximum Gasteiger partial charge on any atom is 0.186 e. The summed E-state index contributed by atoms with van der Waals surface area (Å²) in [5.41, 5.74) is 0. The van der Waals surface area contributed by atoms with E-state index >= 15 is 0 Å². The highest BCUT2D eigenvalue weighted by atomic mass is 16.7. The molecule has 0 aromatic rings. The molecule has 0 aromatic heterocycles. The number of aliphatic hydroxyl groups is 2. The molecule has 7 nitrogen and oxygen atoms in total. The fourth-order valence-corrected chi connectivity index (χ4v) is 2.41. The molecule has 126 valence electrons. The van der Waals surface area contributed by atoms with E-state index in [1.807, 2.05) is 0 Å². The number of hydrogen-bond donors (Lipinski definition) is 2. The molecule has 1 heterocycles. The van der Waals surface area contributed by atoms with Crippen LogP contribution in [-0.4, -0.2) is 59.3 Å². The van der Waals surface area contributed by atoms with Crippen LogP contribution in [0.1, 0.15) is 39.5 Å². The first-order valence-corrected chi connectivity index (χ1v) is 7.36. The summed E-state index contributed by atoms with van der Waals surface area (Å²) in [5, 5.41) is 19.7. The third-order valence-corrected chi connectivity index (χ3v) is 3.88. The zero-order valence-electron chi connectivity index (χ0n) is 13.2. The molecule has 0 aromatic carbocycles. The number of hydrogen-bond acceptors (Lipinski definition) is 7. The maximum atomic E-state index is 12.2. The van der Waals surface area contributed by atoms with E-state index in [1.165, 1.54) is 14.0 Å². The van der Waals surface area contributed by atoms with Gasteiger partial charge in [0.25, 0.3) is 0 Å². The molecule has 0 aliphatic carbocycles. The Morgan fingerprint density at radius 3 is 2.18 bits per heavy atom. The van der Waals surface area contributed by atoms with Crippen LogP contribution in [-0.2, 0) is 23.9 Å². The molecule has 1 saturated heterocycles. The van der Waals surface area contributed by atoms with Crippen LogP contribution in [0.25, 0.3) is 0 Å². The minimum Gasteiger partial charge on any atom is -0.390 e. The summed E-state index contributed by atoms with van der Waals surface area (Å²) >= 11 is 0. The quantitative estimate of drug-likeness (QED) is 0.648. The van der Waals surface area contributed by atoms with Crippen LogP contribution in [0.2, 0.25) is 0 Å². The lowest BCUT2D eigenvalue weighted by Crippen LogP contribution is -2.56. The van der Waals surface area contributed by atoms with E-state index in [0.29, 0.717) is 0 Å². The zero-order chi connectivity index (χ0) is 16.9. The minimum absolute atomic E-state index is 0.0228. The average molecular weight is 316 g/mol. The van der Waals surface area contributed by atoms with Crippen LogP contribution < -0.4 is 0 Å². The fourth-order valence-electron chi connectivity index (χ4n) is 2.41. The number of Topliss-reactive ketones (excluding diaryl/α,β-unsaturated/α-hetero) is 3. The Labute approximate surface area is 129 Å². The third-order valence-electron chi connectivity index (χ3n) is 3.88. The molecule has 1 fully saturated rings. The molecule has 5 unspecified atom stereocenters. The van der Waals surface area contributed by atoms with Crippen LogP contribution >= 0.6 is 0 Å². The Kier molecular flexibility index (Phi) is 7.28. The zero-order valence-corrected chi connectivity index (χ0v) is 13.2. The van der Waals surface area contributed by atoms with Gasteiger partial charge in [0, 0.05) is 38.7 Å². The van der Waals surface area contributed by atoms with Crippen LogP contribution in [0.4, 0.5) is 0 Å². The second-order valence-corrected chi connectivity index (χ2v) is 5.71. The molecule has 2 N–H and O–H groups in total. The van der Waals surface area contributed by atoms with Gasteiger partial charge in [-0.25, -0.2) is 0 Å². The molecule has 0 radical (unpaired) electrons.